The molecule has 2 N–H and O–H groups in total. The number of carboxylic acid groups (broad SMARTS) is 1. The fourth-order valence-corrected chi connectivity index (χ4v) is 2.20. The Morgan fingerprint density at radius 1 is 1.30 bits per heavy atom. The summed E-state index contributed by atoms with van der Waals surface area (Å²) in [5.41, 5.74) is 1.88. The predicted molar refractivity (Wildman–Crippen MR) is 72.6 cm³/mol. The van der Waals surface area contributed by atoms with Crippen LogP contribution in [0.3, 0.4) is 0 Å². The molecule has 3 aromatic rings. The monoisotopic (exact) mass is 269 g/mol. The Hall–Kier alpha value is -2.89. The molecular weight excluding hydrogens is 258 g/mol. The van der Waals surface area contributed by atoms with Gasteiger partial charge >= 0.3 is 5.97 Å². The van der Waals surface area contributed by atoms with Crippen molar-refractivity contribution in [3.8, 4) is 17.0 Å². The van der Waals surface area contributed by atoms with Crippen molar-refractivity contribution in [3.63, 3.8) is 0 Å². The van der Waals surface area contributed by atoms with E-state index in [0.29, 0.717) is 11.2 Å². The molecule has 3 rings (SSSR count). The van der Waals surface area contributed by atoms with E-state index in [4.69, 9.17) is 5.11 Å². The minimum atomic E-state index is -1.08. The van der Waals surface area contributed by atoms with E-state index in [1.807, 2.05) is 6.07 Å². The fraction of sp³-hybridized carbons (Fsp3) is 0.0714. The molecule has 0 atom stereocenters. The molecule has 100 valence electrons. The van der Waals surface area contributed by atoms with Gasteiger partial charge in [-0.3, -0.25) is 9.67 Å². The molecule has 6 nitrogen and oxygen atoms in total. The van der Waals surface area contributed by atoms with E-state index < -0.39 is 5.97 Å². The zero-order valence-electron chi connectivity index (χ0n) is 10.6. The second-order valence-electron chi connectivity index (χ2n) is 4.38. The number of hydrogen-bond donors (Lipinski definition) is 2. The largest absolute Gasteiger partial charge is 0.506 e. The lowest BCUT2D eigenvalue weighted by Crippen LogP contribution is -1.99. The van der Waals surface area contributed by atoms with Crippen LogP contribution in [-0.4, -0.2) is 30.9 Å². The zero-order valence-corrected chi connectivity index (χ0v) is 10.6. The Labute approximate surface area is 113 Å². The van der Waals surface area contributed by atoms with E-state index in [1.54, 1.807) is 25.4 Å². The van der Waals surface area contributed by atoms with Gasteiger partial charge < -0.3 is 10.2 Å². The Bertz CT molecular complexity index is 824. The summed E-state index contributed by atoms with van der Waals surface area (Å²) in [4.78, 5) is 15.1. The van der Waals surface area contributed by atoms with Crippen molar-refractivity contribution in [1.29, 1.82) is 0 Å². The second-order valence-corrected chi connectivity index (χ2v) is 4.38. The standard InChI is InChI=1S/C14H11N3O3/c1-17-11(7-10(16-17)14(19)20)8-4-5-12(18)13-9(8)3-2-6-15-13/h2-7,18H,1H3,(H,19,20). The number of benzene rings is 1. The van der Waals surface area contributed by atoms with Gasteiger partial charge in [-0.05, 0) is 24.3 Å². The van der Waals surface area contributed by atoms with Gasteiger partial charge in [0, 0.05) is 24.2 Å². The number of pyridine rings is 1. The summed E-state index contributed by atoms with van der Waals surface area (Å²) in [5.74, 6) is -0.988. The van der Waals surface area contributed by atoms with Crippen LogP contribution in [0.5, 0.6) is 5.75 Å². The number of fused-ring (bicyclic) bond motifs is 1. The maximum Gasteiger partial charge on any atom is 0.356 e. The third kappa shape index (κ3) is 1.78. The molecule has 0 aliphatic carbocycles. The third-order valence-electron chi connectivity index (χ3n) is 3.12. The van der Waals surface area contributed by atoms with Gasteiger partial charge in [0.25, 0.3) is 0 Å². The maximum absolute atomic E-state index is 11.0. The van der Waals surface area contributed by atoms with E-state index in [-0.39, 0.29) is 11.4 Å². The van der Waals surface area contributed by atoms with E-state index in [2.05, 4.69) is 10.1 Å². The number of hydrogen-bond acceptors (Lipinski definition) is 4. The number of aryl methyl sites for hydroxylation is 1. The SMILES string of the molecule is Cn1nc(C(=O)O)cc1-c1ccc(O)c2ncccc12. The van der Waals surface area contributed by atoms with E-state index in [1.165, 1.54) is 16.8 Å². The molecule has 2 heterocycles. The fourth-order valence-electron chi connectivity index (χ4n) is 2.20. The number of aromatic nitrogens is 3. The van der Waals surface area contributed by atoms with Gasteiger partial charge in [0.2, 0.25) is 0 Å². The van der Waals surface area contributed by atoms with Crippen LogP contribution in [0.4, 0.5) is 0 Å². The highest BCUT2D eigenvalue weighted by molar-refractivity contribution is 5.98. The van der Waals surface area contributed by atoms with Gasteiger partial charge in [-0.2, -0.15) is 5.10 Å². The van der Waals surface area contributed by atoms with Crippen LogP contribution in [-0.2, 0) is 7.05 Å². The summed E-state index contributed by atoms with van der Waals surface area (Å²) in [6.07, 6.45) is 1.59. The Morgan fingerprint density at radius 3 is 2.80 bits per heavy atom. The quantitative estimate of drug-likeness (QED) is 0.743. The molecule has 2 aromatic heterocycles. The van der Waals surface area contributed by atoms with Crippen molar-refractivity contribution >= 4 is 16.9 Å². The van der Waals surface area contributed by atoms with Crippen LogP contribution in [0.25, 0.3) is 22.2 Å². The maximum atomic E-state index is 11.0. The van der Waals surface area contributed by atoms with Gasteiger partial charge in [-0.25, -0.2) is 4.79 Å². The van der Waals surface area contributed by atoms with Crippen molar-refractivity contribution in [1.82, 2.24) is 14.8 Å². The van der Waals surface area contributed by atoms with Crippen molar-refractivity contribution < 1.29 is 15.0 Å². The molecule has 0 radical (unpaired) electrons. The molecule has 0 amide bonds. The minimum Gasteiger partial charge on any atom is -0.506 e. The van der Waals surface area contributed by atoms with Crippen LogP contribution in [0.15, 0.2) is 36.5 Å². The van der Waals surface area contributed by atoms with Crippen LogP contribution >= 0.6 is 0 Å². The zero-order chi connectivity index (χ0) is 14.3. The smallest absolute Gasteiger partial charge is 0.356 e. The summed E-state index contributed by atoms with van der Waals surface area (Å²) in [6.45, 7) is 0. The topological polar surface area (TPSA) is 88.2 Å². The van der Waals surface area contributed by atoms with Crippen molar-refractivity contribution in [2.75, 3.05) is 0 Å². The van der Waals surface area contributed by atoms with Crippen LogP contribution in [0, 0.1) is 0 Å². The lowest BCUT2D eigenvalue weighted by molar-refractivity contribution is 0.0689. The minimum absolute atomic E-state index is 0.0207. The first-order valence-electron chi connectivity index (χ1n) is 5.92. The van der Waals surface area contributed by atoms with Crippen LogP contribution in [0.1, 0.15) is 10.5 Å². The number of carboxylic acids is 1. The molecule has 0 bridgehead atoms. The lowest BCUT2D eigenvalue weighted by Gasteiger charge is -2.07. The third-order valence-corrected chi connectivity index (χ3v) is 3.12. The normalized spacial score (nSPS) is 10.8. The van der Waals surface area contributed by atoms with Crippen LogP contribution < -0.4 is 0 Å². The van der Waals surface area contributed by atoms with Gasteiger partial charge in [-0.1, -0.05) is 6.07 Å². The van der Waals surface area contributed by atoms with Crippen LogP contribution in [0.2, 0.25) is 0 Å². The molecule has 0 aliphatic rings. The Kier molecular flexibility index (Phi) is 2.64. The summed E-state index contributed by atoms with van der Waals surface area (Å²) in [5, 5.41) is 23.5. The van der Waals surface area contributed by atoms with E-state index >= 15 is 0 Å². The molecule has 0 spiro atoms. The number of carbonyl (C=O) groups is 1. The van der Waals surface area contributed by atoms with Crippen molar-refractivity contribution in [2.45, 2.75) is 0 Å². The molecule has 6 heteroatoms. The molecule has 1 aromatic carbocycles. The highest BCUT2D eigenvalue weighted by atomic mass is 16.4. The van der Waals surface area contributed by atoms with E-state index in [0.717, 1.165) is 10.9 Å². The molecule has 0 aliphatic heterocycles. The summed E-state index contributed by atoms with van der Waals surface area (Å²) >= 11 is 0. The van der Waals surface area contributed by atoms with Crippen molar-refractivity contribution in [3.05, 3.63) is 42.2 Å². The number of rotatable bonds is 2. The summed E-state index contributed by atoms with van der Waals surface area (Å²) in [6, 6.07) is 8.35. The highest BCUT2D eigenvalue weighted by Gasteiger charge is 2.15. The van der Waals surface area contributed by atoms with Crippen molar-refractivity contribution in [2.24, 2.45) is 7.05 Å². The molecule has 0 saturated heterocycles. The van der Waals surface area contributed by atoms with Gasteiger partial charge in [-0.15, -0.1) is 0 Å². The van der Waals surface area contributed by atoms with Gasteiger partial charge in [0.05, 0.1) is 5.69 Å². The van der Waals surface area contributed by atoms with Gasteiger partial charge in [0.15, 0.2) is 5.69 Å². The number of aromatic hydroxyl groups is 1. The molecular formula is C14H11N3O3. The average Bonchev–Trinajstić information content (AvgIpc) is 2.82. The summed E-state index contributed by atoms with van der Waals surface area (Å²) < 4.78 is 1.50. The first kappa shape index (κ1) is 12.2. The second kappa shape index (κ2) is 4.34. The number of phenols is 1. The molecule has 20 heavy (non-hydrogen) atoms. The average molecular weight is 269 g/mol. The predicted octanol–water partition coefficient (Wildman–Crippen LogP) is 2.04. The molecule has 0 saturated carbocycles. The Balaban J connectivity index is 2.30. The number of nitrogens with zero attached hydrogens (tertiary/aromatic N) is 3. The van der Waals surface area contributed by atoms with Gasteiger partial charge in [0.1, 0.15) is 11.3 Å². The molecule has 0 fully saturated rings. The first-order valence-corrected chi connectivity index (χ1v) is 5.92. The molecule has 0 unspecified atom stereocenters. The number of aromatic carboxylic acids is 1. The number of phenolic OH excluding ortho intramolecular Hbond substituents is 1. The first-order chi connectivity index (χ1) is 9.58. The summed E-state index contributed by atoms with van der Waals surface area (Å²) in [7, 11) is 1.68. The van der Waals surface area contributed by atoms with E-state index in [9.17, 15) is 9.90 Å². The Morgan fingerprint density at radius 2 is 2.10 bits per heavy atom. The highest BCUT2D eigenvalue weighted by Crippen LogP contribution is 2.32. The lowest BCUT2D eigenvalue weighted by atomic mass is 10.0.